The summed E-state index contributed by atoms with van der Waals surface area (Å²) in [4.78, 5) is 12.9. The van der Waals surface area contributed by atoms with Gasteiger partial charge in [-0.1, -0.05) is 6.92 Å². The number of halogens is 1. The number of rotatable bonds is 5. The summed E-state index contributed by atoms with van der Waals surface area (Å²) >= 11 is 0. The van der Waals surface area contributed by atoms with Crippen LogP contribution in [0.25, 0.3) is 0 Å². The molecular formula is C14H17FN2O2. The molecule has 0 fully saturated rings. The van der Waals surface area contributed by atoms with Gasteiger partial charge >= 0.3 is 5.97 Å². The van der Waals surface area contributed by atoms with Crippen molar-refractivity contribution < 1.29 is 14.3 Å². The standard InChI is InChI=1S/C14H17FN2O2/c1-4-17(14(2,3)13(18)19)9-11-5-10(8-16)6-12(15)7-11/h5-7H,4,9H2,1-3H3,(H,18,19). The number of nitrogens with zero attached hydrogens (tertiary/aromatic N) is 2. The molecule has 102 valence electrons. The Morgan fingerprint density at radius 3 is 2.58 bits per heavy atom. The van der Waals surface area contributed by atoms with Crippen molar-refractivity contribution >= 4 is 5.97 Å². The van der Waals surface area contributed by atoms with Gasteiger partial charge < -0.3 is 5.11 Å². The lowest BCUT2D eigenvalue weighted by Crippen LogP contribution is -2.49. The molecule has 4 nitrogen and oxygen atoms in total. The number of carboxylic acids is 1. The average molecular weight is 264 g/mol. The summed E-state index contributed by atoms with van der Waals surface area (Å²) in [6.45, 7) is 5.84. The van der Waals surface area contributed by atoms with E-state index in [1.807, 2.05) is 13.0 Å². The van der Waals surface area contributed by atoms with Gasteiger partial charge in [0.2, 0.25) is 0 Å². The van der Waals surface area contributed by atoms with Gasteiger partial charge in [0.15, 0.2) is 0 Å². The normalized spacial score (nSPS) is 11.4. The number of carbonyl (C=O) groups is 1. The number of nitriles is 1. The van der Waals surface area contributed by atoms with E-state index < -0.39 is 17.3 Å². The summed E-state index contributed by atoms with van der Waals surface area (Å²) in [6, 6.07) is 5.93. The lowest BCUT2D eigenvalue weighted by molar-refractivity contribution is -0.149. The fraction of sp³-hybridized carbons (Fsp3) is 0.429. The first-order valence-electron chi connectivity index (χ1n) is 5.99. The maximum Gasteiger partial charge on any atom is 0.323 e. The molecule has 0 saturated heterocycles. The highest BCUT2D eigenvalue weighted by atomic mass is 19.1. The van der Waals surface area contributed by atoms with E-state index in [1.54, 1.807) is 24.8 Å². The van der Waals surface area contributed by atoms with Gasteiger partial charge in [-0.2, -0.15) is 5.26 Å². The zero-order valence-corrected chi connectivity index (χ0v) is 11.3. The van der Waals surface area contributed by atoms with Crippen molar-refractivity contribution in [1.29, 1.82) is 5.26 Å². The Morgan fingerprint density at radius 1 is 1.47 bits per heavy atom. The van der Waals surface area contributed by atoms with Crippen molar-refractivity contribution in [1.82, 2.24) is 4.90 Å². The smallest absolute Gasteiger partial charge is 0.323 e. The van der Waals surface area contributed by atoms with Crippen molar-refractivity contribution in [2.45, 2.75) is 32.9 Å². The summed E-state index contributed by atoms with van der Waals surface area (Å²) < 4.78 is 13.3. The highest BCUT2D eigenvalue weighted by Crippen LogP contribution is 2.19. The second-order valence-corrected chi connectivity index (χ2v) is 4.84. The molecule has 1 rings (SSSR count). The minimum Gasteiger partial charge on any atom is -0.480 e. The van der Waals surface area contributed by atoms with Gasteiger partial charge in [0, 0.05) is 6.54 Å². The first kappa shape index (κ1) is 15.1. The Balaban J connectivity index is 3.03. The van der Waals surface area contributed by atoms with Crippen LogP contribution in [0.5, 0.6) is 0 Å². The summed E-state index contributed by atoms with van der Waals surface area (Å²) in [5.74, 6) is -1.43. The minimum atomic E-state index is -1.05. The SMILES string of the molecule is CCN(Cc1cc(F)cc(C#N)c1)C(C)(C)C(=O)O. The van der Waals surface area contributed by atoms with Gasteiger partial charge in [-0.25, -0.2) is 4.39 Å². The molecule has 19 heavy (non-hydrogen) atoms. The van der Waals surface area contributed by atoms with Crippen LogP contribution < -0.4 is 0 Å². The molecule has 0 radical (unpaired) electrons. The Hall–Kier alpha value is -1.93. The molecule has 0 saturated carbocycles. The molecule has 1 aromatic rings. The van der Waals surface area contributed by atoms with Gasteiger partial charge in [0.1, 0.15) is 11.4 Å². The molecule has 0 spiro atoms. The third kappa shape index (κ3) is 3.52. The van der Waals surface area contributed by atoms with Crippen LogP contribution in [-0.2, 0) is 11.3 Å². The molecule has 0 heterocycles. The van der Waals surface area contributed by atoms with Gasteiger partial charge in [0.25, 0.3) is 0 Å². The summed E-state index contributed by atoms with van der Waals surface area (Å²) in [5, 5.41) is 18.0. The quantitative estimate of drug-likeness (QED) is 0.886. The van der Waals surface area contributed by atoms with Crippen LogP contribution in [0.4, 0.5) is 4.39 Å². The van der Waals surface area contributed by atoms with E-state index in [4.69, 9.17) is 5.26 Å². The highest BCUT2D eigenvalue weighted by Gasteiger charge is 2.33. The zero-order valence-electron chi connectivity index (χ0n) is 11.3. The number of aliphatic carboxylic acids is 1. The Labute approximate surface area is 112 Å². The van der Waals surface area contributed by atoms with E-state index >= 15 is 0 Å². The van der Waals surface area contributed by atoms with E-state index in [-0.39, 0.29) is 12.1 Å². The van der Waals surface area contributed by atoms with Gasteiger partial charge in [-0.05, 0) is 44.2 Å². The van der Waals surface area contributed by atoms with Crippen LogP contribution in [0.2, 0.25) is 0 Å². The van der Waals surface area contributed by atoms with Crippen LogP contribution in [0.15, 0.2) is 18.2 Å². The van der Waals surface area contributed by atoms with E-state index in [0.717, 1.165) is 6.07 Å². The van der Waals surface area contributed by atoms with E-state index in [2.05, 4.69) is 0 Å². The first-order chi connectivity index (χ1) is 8.81. The molecule has 0 aliphatic carbocycles. The molecule has 0 atom stereocenters. The van der Waals surface area contributed by atoms with Crippen LogP contribution >= 0.6 is 0 Å². The number of hydrogen-bond acceptors (Lipinski definition) is 3. The minimum absolute atomic E-state index is 0.235. The third-order valence-electron chi connectivity index (χ3n) is 3.16. The molecule has 0 aliphatic heterocycles. The monoisotopic (exact) mass is 264 g/mol. The van der Waals surface area contributed by atoms with Crippen LogP contribution in [0.1, 0.15) is 31.9 Å². The van der Waals surface area contributed by atoms with Crippen molar-refractivity contribution in [2.24, 2.45) is 0 Å². The summed E-state index contributed by atoms with van der Waals surface area (Å²) in [6.07, 6.45) is 0. The number of hydrogen-bond donors (Lipinski definition) is 1. The largest absolute Gasteiger partial charge is 0.480 e. The number of benzene rings is 1. The van der Waals surface area contributed by atoms with E-state index in [1.165, 1.54) is 6.07 Å². The van der Waals surface area contributed by atoms with Crippen molar-refractivity contribution in [2.75, 3.05) is 6.54 Å². The van der Waals surface area contributed by atoms with Crippen molar-refractivity contribution in [3.05, 3.63) is 35.1 Å². The third-order valence-corrected chi connectivity index (χ3v) is 3.16. The summed E-state index contributed by atoms with van der Waals surface area (Å²) in [5.41, 5.74) is -0.222. The summed E-state index contributed by atoms with van der Waals surface area (Å²) in [7, 11) is 0. The van der Waals surface area contributed by atoms with E-state index in [0.29, 0.717) is 12.1 Å². The molecule has 0 aliphatic rings. The molecule has 1 aromatic carbocycles. The average Bonchev–Trinajstić information content (AvgIpc) is 2.34. The van der Waals surface area contributed by atoms with Gasteiger partial charge in [0.05, 0.1) is 11.6 Å². The second kappa shape index (κ2) is 5.81. The number of carboxylic acid groups (broad SMARTS) is 1. The maximum absolute atomic E-state index is 13.3. The lowest BCUT2D eigenvalue weighted by Gasteiger charge is -2.34. The van der Waals surface area contributed by atoms with E-state index in [9.17, 15) is 14.3 Å². The topological polar surface area (TPSA) is 64.3 Å². The van der Waals surface area contributed by atoms with Gasteiger partial charge in [-0.15, -0.1) is 0 Å². The number of likely N-dealkylation sites (N-methyl/N-ethyl adjacent to an activating group) is 1. The van der Waals surface area contributed by atoms with Crippen molar-refractivity contribution in [3.8, 4) is 6.07 Å². The molecular weight excluding hydrogens is 247 g/mol. The maximum atomic E-state index is 13.3. The molecule has 1 N–H and O–H groups in total. The first-order valence-corrected chi connectivity index (χ1v) is 5.99. The molecule has 0 aromatic heterocycles. The predicted octanol–water partition coefficient (Wildman–Crippen LogP) is 2.38. The lowest BCUT2D eigenvalue weighted by atomic mass is 10.0. The molecule has 0 amide bonds. The molecule has 0 unspecified atom stereocenters. The predicted molar refractivity (Wildman–Crippen MR) is 68.9 cm³/mol. The second-order valence-electron chi connectivity index (χ2n) is 4.84. The zero-order chi connectivity index (χ0) is 14.6. The fourth-order valence-electron chi connectivity index (χ4n) is 1.87. The molecule has 0 bridgehead atoms. The Morgan fingerprint density at radius 2 is 2.11 bits per heavy atom. The highest BCUT2D eigenvalue weighted by molar-refractivity contribution is 5.77. The Kier molecular flexibility index (Phi) is 4.62. The van der Waals surface area contributed by atoms with Crippen molar-refractivity contribution in [3.63, 3.8) is 0 Å². The van der Waals surface area contributed by atoms with Gasteiger partial charge in [-0.3, -0.25) is 9.69 Å². The van der Waals surface area contributed by atoms with Crippen LogP contribution in [-0.4, -0.2) is 28.1 Å². The Bertz CT molecular complexity index is 521. The fourth-order valence-corrected chi connectivity index (χ4v) is 1.87. The molecule has 5 heteroatoms. The van der Waals surface area contributed by atoms with Crippen LogP contribution in [0.3, 0.4) is 0 Å². The van der Waals surface area contributed by atoms with Crippen LogP contribution in [0, 0.1) is 17.1 Å².